The van der Waals surface area contributed by atoms with Crippen molar-refractivity contribution in [1.29, 1.82) is 0 Å². The van der Waals surface area contributed by atoms with Crippen LogP contribution in [0.15, 0.2) is 108 Å². The number of carbonyl (C=O) groups excluding carboxylic acids is 1. The first-order valence-corrected chi connectivity index (χ1v) is 10.9. The number of nitrogens with zero attached hydrogens (tertiary/aromatic N) is 2. The Morgan fingerprint density at radius 2 is 1.68 bits per heavy atom. The molecule has 34 heavy (non-hydrogen) atoms. The Balaban J connectivity index is 1.21. The van der Waals surface area contributed by atoms with E-state index in [0.717, 1.165) is 33.2 Å². The van der Waals surface area contributed by atoms with Gasteiger partial charge in [-0.2, -0.15) is 10.2 Å². The number of aromatic amines is 1. The molecule has 166 valence electrons. The SMILES string of the molecule is O=C(N/N=C\c1cccc2ccccc12)c1cc(-c2ccc(OCc3ccccc3)cc2)n[nH]1. The fraction of sp³-hybridized carbons (Fsp3) is 0.0357. The van der Waals surface area contributed by atoms with Crippen LogP contribution < -0.4 is 10.2 Å². The lowest BCUT2D eigenvalue weighted by atomic mass is 10.1. The van der Waals surface area contributed by atoms with Crippen LogP contribution in [0.4, 0.5) is 0 Å². The normalized spacial score (nSPS) is 11.1. The third kappa shape index (κ3) is 4.86. The van der Waals surface area contributed by atoms with Crippen LogP contribution in [0.2, 0.25) is 0 Å². The Kier molecular flexibility index (Phi) is 6.12. The van der Waals surface area contributed by atoms with Crippen molar-refractivity contribution in [2.75, 3.05) is 0 Å². The lowest BCUT2D eigenvalue weighted by molar-refractivity contribution is 0.0950. The lowest BCUT2D eigenvalue weighted by Gasteiger charge is -2.06. The third-order valence-electron chi connectivity index (χ3n) is 5.41. The van der Waals surface area contributed by atoms with E-state index in [0.29, 0.717) is 18.0 Å². The minimum absolute atomic E-state index is 0.328. The topological polar surface area (TPSA) is 79.4 Å². The van der Waals surface area contributed by atoms with Gasteiger partial charge < -0.3 is 4.74 Å². The summed E-state index contributed by atoms with van der Waals surface area (Å²) in [6.45, 7) is 0.506. The quantitative estimate of drug-likeness (QED) is 0.253. The van der Waals surface area contributed by atoms with Gasteiger partial charge in [0, 0.05) is 11.1 Å². The molecule has 5 rings (SSSR count). The van der Waals surface area contributed by atoms with E-state index in [2.05, 4.69) is 20.7 Å². The summed E-state index contributed by atoms with van der Waals surface area (Å²) in [5.41, 5.74) is 6.46. The maximum atomic E-state index is 12.5. The first-order valence-electron chi connectivity index (χ1n) is 10.9. The van der Waals surface area contributed by atoms with Crippen molar-refractivity contribution in [1.82, 2.24) is 15.6 Å². The largest absolute Gasteiger partial charge is 0.489 e. The van der Waals surface area contributed by atoms with E-state index >= 15 is 0 Å². The molecular formula is C28H22N4O2. The molecule has 0 saturated heterocycles. The van der Waals surface area contributed by atoms with Crippen LogP contribution in [0.1, 0.15) is 21.6 Å². The van der Waals surface area contributed by atoms with Gasteiger partial charge >= 0.3 is 0 Å². The summed E-state index contributed by atoms with van der Waals surface area (Å²) in [5.74, 6) is 0.405. The van der Waals surface area contributed by atoms with E-state index in [1.165, 1.54) is 0 Å². The van der Waals surface area contributed by atoms with Gasteiger partial charge in [0.2, 0.25) is 0 Å². The first-order chi connectivity index (χ1) is 16.8. The second kappa shape index (κ2) is 9.83. The number of hydrogen-bond acceptors (Lipinski definition) is 4. The van der Waals surface area contributed by atoms with Gasteiger partial charge in [0.15, 0.2) is 0 Å². The number of nitrogens with one attached hydrogen (secondary N) is 2. The zero-order chi connectivity index (χ0) is 23.2. The fourth-order valence-electron chi connectivity index (χ4n) is 3.63. The minimum atomic E-state index is -0.363. The van der Waals surface area contributed by atoms with E-state index in [4.69, 9.17) is 4.74 Å². The molecule has 4 aromatic carbocycles. The lowest BCUT2D eigenvalue weighted by Crippen LogP contribution is -2.18. The summed E-state index contributed by atoms with van der Waals surface area (Å²) >= 11 is 0. The zero-order valence-corrected chi connectivity index (χ0v) is 18.3. The second-order valence-electron chi connectivity index (χ2n) is 7.73. The Morgan fingerprint density at radius 1 is 0.912 bits per heavy atom. The maximum absolute atomic E-state index is 12.5. The van der Waals surface area contributed by atoms with Gasteiger partial charge in [-0.15, -0.1) is 0 Å². The van der Waals surface area contributed by atoms with Gasteiger partial charge in [-0.1, -0.05) is 72.8 Å². The Hall–Kier alpha value is -4.71. The van der Waals surface area contributed by atoms with Crippen molar-refractivity contribution in [2.24, 2.45) is 5.10 Å². The molecule has 0 bridgehead atoms. The molecule has 0 radical (unpaired) electrons. The smallest absolute Gasteiger partial charge is 0.289 e. The molecule has 0 saturated carbocycles. The molecule has 1 heterocycles. The van der Waals surface area contributed by atoms with Crippen molar-refractivity contribution in [3.63, 3.8) is 0 Å². The number of amides is 1. The number of ether oxygens (including phenoxy) is 1. The number of fused-ring (bicyclic) bond motifs is 1. The minimum Gasteiger partial charge on any atom is -0.489 e. The van der Waals surface area contributed by atoms with Crippen LogP contribution in [0.3, 0.4) is 0 Å². The number of benzene rings is 4. The summed E-state index contributed by atoms with van der Waals surface area (Å²) in [7, 11) is 0. The van der Waals surface area contributed by atoms with Gasteiger partial charge in [-0.05, 0) is 46.7 Å². The van der Waals surface area contributed by atoms with Crippen molar-refractivity contribution in [3.05, 3.63) is 120 Å². The number of rotatable bonds is 7. The predicted molar refractivity (Wildman–Crippen MR) is 134 cm³/mol. The number of carbonyl (C=O) groups is 1. The highest BCUT2D eigenvalue weighted by atomic mass is 16.5. The van der Waals surface area contributed by atoms with Crippen LogP contribution in [0.5, 0.6) is 5.75 Å². The monoisotopic (exact) mass is 446 g/mol. The molecule has 0 fully saturated rings. The average Bonchev–Trinajstić information content (AvgIpc) is 3.39. The molecule has 0 unspecified atom stereocenters. The van der Waals surface area contributed by atoms with E-state index in [1.54, 1.807) is 12.3 Å². The standard InChI is InChI=1S/C28H22N4O2/c33-28(32-29-18-23-11-6-10-21-9-4-5-12-25(21)23)27-17-26(30-31-27)22-13-15-24(16-14-22)34-19-20-7-2-1-3-8-20/h1-18H,19H2,(H,30,31)(H,32,33)/b29-18-. The summed E-state index contributed by atoms with van der Waals surface area (Å²) in [4.78, 5) is 12.5. The van der Waals surface area contributed by atoms with Crippen molar-refractivity contribution in [2.45, 2.75) is 6.61 Å². The first kappa shape index (κ1) is 21.2. The van der Waals surface area contributed by atoms with E-state index < -0.39 is 0 Å². The summed E-state index contributed by atoms with van der Waals surface area (Å²) in [5, 5.41) is 13.3. The summed E-state index contributed by atoms with van der Waals surface area (Å²) in [6.07, 6.45) is 1.64. The van der Waals surface area contributed by atoms with E-state index in [-0.39, 0.29) is 5.91 Å². The predicted octanol–water partition coefficient (Wildman–Crippen LogP) is 5.57. The highest BCUT2D eigenvalue weighted by molar-refractivity contribution is 6.00. The molecule has 6 heteroatoms. The Morgan fingerprint density at radius 3 is 2.53 bits per heavy atom. The van der Waals surface area contributed by atoms with E-state index in [9.17, 15) is 4.79 Å². The molecule has 0 aliphatic carbocycles. The van der Waals surface area contributed by atoms with Gasteiger partial charge in [-0.3, -0.25) is 9.89 Å². The highest BCUT2D eigenvalue weighted by Crippen LogP contribution is 2.22. The molecule has 5 aromatic rings. The summed E-state index contributed by atoms with van der Waals surface area (Å²) < 4.78 is 5.83. The Bertz CT molecular complexity index is 1440. The molecule has 6 nitrogen and oxygen atoms in total. The number of hydrazone groups is 1. The molecule has 1 aromatic heterocycles. The van der Waals surface area contributed by atoms with Crippen LogP contribution >= 0.6 is 0 Å². The van der Waals surface area contributed by atoms with Gasteiger partial charge in [0.05, 0.1) is 11.9 Å². The molecule has 0 aliphatic rings. The van der Waals surface area contributed by atoms with Crippen molar-refractivity contribution >= 4 is 22.9 Å². The molecule has 2 N–H and O–H groups in total. The number of aromatic nitrogens is 2. The molecule has 1 amide bonds. The van der Waals surface area contributed by atoms with Crippen LogP contribution in [0.25, 0.3) is 22.0 Å². The third-order valence-corrected chi connectivity index (χ3v) is 5.41. The summed E-state index contributed by atoms with van der Waals surface area (Å²) in [6, 6.07) is 33.3. The van der Waals surface area contributed by atoms with Gasteiger partial charge in [0.1, 0.15) is 18.1 Å². The van der Waals surface area contributed by atoms with Crippen LogP contribution in [0, 0.1) is 0 Å². The van der Waals surface area contributed by atoms with Crippen molar-refractivity contribution < 1.29 is 9.53 Å². The van der Waals surface area contributed by atoms with Crippen molar-refractivity contribution in [3.8, 4) is 17.0 Å². The molecule has 0 aliphatic heterocycles. The average molecular weight is 447 g/mol. The Labute approximate surface area is 196 Å². The van der Waals surface area contributed by atoms with E-state index in [1.807, 2.05) is 97.1 Å². The van der Waals surface area contributed by atoms with Gasteiger partial charge in [-0.25, -0.2) is 5.43 Å². The molecule has 0 atom stereocenters. The second-order valence-corrected chi connectivity index (χ2v) is 7.73. The molecule has 0 spiro atoms. The molecular weight excluding hydrogens is 424 g/mol. The van der Waals surface area contributed by atoms with Gasteiger partial charge in [0.25, 0.3) is 5.91 Å². The fourth-order valence-corrected chi connectivity index (χ4v) is 3.63. The highest BCUT2D eigenvalue weighted by Gasteiger charge is 2.11. The number of hydrogen-bond donors (Lipinski definition) is 2. The van der Waals surface area contributed by atoms with Crippen LogP contribution in [-0.4, -0.2) is 22.3 Å². The maximum Gasteiger partial charge on any atom is 0.289 e. The van der Waals surface area contributed by atoms with Crippen LogP contribution in [-0.2, 0) is 6.61 Å². The number of H-pyrrole nitrogens is 1. The zero-order valence-electron chi connectivity index (χ0n) is 18.3.